The fourth-order valence-electron chi connectivity index (χ4n) is 0.607. The van der Waals surface area contributed by atoms with Crippen LogP contribution in [-0.4, -0.2) is 5.48 Å². The van der Waals surface area contributed by atoms with Crippen molar-refractivity contribution in [1.29, 1.82) is 0 Å². The van der Waals surface area contributed by atoms with Crippen LogP contribution >= 0.6 is 0 Å². The Morgan fingerprint density at radius 2 is 1.91 bits per heavy atom. The number of hydrazine groups is 1. The van der Waals surface area contributed by atoms with Crippen molar-refractivity contribution in [3.8, 4) is 0 Å². The predicted molar refractivity (Wildman–Crippen MR) is 37.8 cm³/mol. The predicted octanol–water partition coefficient (Wildman–Crippen LogP) is 0.426. The minimum atomic E-state index is -0.692. The van der Waals surface area contributed by atoms with Crippen LogP contribution in [0.25, 0.3) is 0 Å². The molecule has 0 aliphatic rings. The van der Waals surface area contributed by atoms with Crippen LogP contribution in [0, 0.1) is 11.6 Å². The van der Waals surface area contributed by atoms with E-state index in [1.54, 1.807) is 0 Å². The van der Waals surface area contributed by atoms with E-state index in [0.717, 1.165) is 12.1 Å². The standard InChI is InChI=1S/C6H6F2N2.H2O/c7-4-1-2-6(10-9)5(8)3-4;/h1-3,10H,9H2;1H2. The molecular formula is C6H8F2N2O. The lowest BCUT2D eigenvalue weighted by Crippen LogP contribution is -2.08. The van der Waals surface area contributed by atoms with Gasteiger partial charge >= 0.3 is 0 Å². The van der Waals surface area contributed by atoms with E-state index >= 15 is 0 Å². The highest BCUT2D eigenvalue weighted by Gasteiger charge is 1.99. The molecule has 0 radical (unpaired) electrons. The van der Waals surface area contributed by atoms with Gasteiger partial charge in [0.1, 0.15) is 5.82 Å². The zero-order chi connectivity index (χ0) is 7.56. The average molecular weight is 162 g/mol. The third kappa shape index (κ3) is 2.14. The van der Waals surface area contributed by atoms with Crippen molar-refractivity contribution in [2.75, 3.05) is 5.43 Å². The van der Waals surface area contributed by atoms with Gasteiger partial charge in [0.15, 0.2) is 5.82 Å². The van der Waals surface area contributed by atoms with Crippen LogP contribution in [0.15, 0.2) is 18.2 Å². The van der Waals surface area contributed by atoms with Crippen LogP contribution in [0.5, 0.6) is 0 Å². The van der Waals surface area contributed by atoms with Crippen LogP contribution in [0.3, 0.4) is 0 Å². The molecule has 0 aromatic heterocycles. The summed E-state index contributed by atoms with van der Waals surface area (Å²) in [6, 6.07) is 3.11. The summed E-state index contributed by atoms with van der Waals surface area (Å²) in [5.74, 6) is 3.58. The zero-order valence-corrected chi connectivity index (χ0v) is 5.57. The highest BCUT2D eigenvalue weighted by Crippen LogP contribution is 2.12. The summed E-state index contributed by atoms with van der Waals surface area (Å²) in [7, 11) is 0. The average Bonchev–Trinajstić information content (AvgIpc) is 1.88. The van der Waals surface area contributed by atoms with Crippen molar-refractivity contribution in [3.05, 3.63) is 29.8 Å². The van der Waals surface area contributed by atoms with E-state index in [0.29, 0.717) is 0 Å². The molecule has 62 valence electrons. The molecule has 5 heteroatoms. The van der Waals surface area contributed by atoms with Gasteiger partial charge in [-0.25, -0.2) is 8.78 Å². The molecule has 0 amide bonds. The van der Waals surface area contributed by atoms with Gasteiger partial charge in [-0.05, 0) is 12.1 Å². The lowest BCUT2D eigenvalue weighted by atomic mass is 10.3. The molecule has 5 N–H and O–H groups in total. The number of rotatable bonds is 1. The second-order valence-electron chi connectivity index (χ2n) is 1.77. The Labute approximate surface area is 62.1 Å². The number of nitrogens with two attached hydrogens (primary N) is 1. The summed E-state index contributed by atoms with van der Waals surface area (Å²) in [6.45, 7) is 0. The third-order valence-electron chi connectivity index (χ3n) is 1.09. The van der Waals surface area contributed by atoms with Crippen molar-refractivity contribution < 1.29 is 14.3 Å². The smallest absolute Gasteiger partial charge is 0.150 e. The van der Waals surface area contributed by atoms with E-state index in [4.69, 9.17) is 5.84 Å². The van der Waals surface area contributed by atoms with Crippen molar-refractivity contribution in [3.63, 3.8) is 0 Å². The second-order valence-corrected chi connectivity index (χ2v) is 1.77. The van der Waals surface area contributed by atoms with Crippen LogP contribution in [-0.2, 0) is 0 Å². The van der Waals surface area contributed by atoms with Gasteiger partial charge in [-0.15, -0.1) is 0 Å². The minimum absolute atomic E-state index is 0. The molecule has 0 spiro atoms. The summed E-state index contributed by atoms with van der Waals surface area (Å²) in [5.41, 5.74) is 2.17. The summed E-state index contributed by atoms with van der Waals surface area (Å²) >= 11 is 0. The molecule has 0 atom stereocenters. The molecule has 0 saturated heterocycles. The first-order valence-electron chi connectivity index (χ1n) is 2.65. The van der Waals surface area contributed by atoms with E-state index in [9.17, 15) is 8.78 Å². The van der Waals surface area contributed by atoms with Crippen LogP contribution in [0.2, 0.25) is 0 Å². The SMILES string of the molecule is NNc1ccc(F)cc1F.O. The molecule has 0 bridgehead atoms. The summed E-state index contributed by atoms with van der Waals surface area (Å²) < 4.78 is 24.6. The number of hydrogen-bond donors (Lipinski definition) is 2. The molecule has 0 fully saturated rings. The second kappa shape index (κ2) is 3.85. The molecule has 0 aliphatic heterocycles. The normalized spacial score (nSPS) is 8.64. The van der Waals surface area contributed by atoms with E-state index in [-0.39, 0.29) is 11.2 Å². The Morgan fingerprint density at radius 3 is 2.36 bits per heavy atom. The first-order valence-corrected chi connectivity index (χ1v) is 2.65. The van der Waals surface area contributed by atoms with Crippen LogP contribution < -0.4 is 11.3 Å². The van der Waals surface area contributed by atoms with E-state index in [1.807, 2.05) is 0 Å². The Balaban J connectivity index is 0.000001000. The Hall–Kier alpha value is -1.20. The molecule has 0 saturated carbocycles. The van der Waals surface area contributed by atoms with Gasteiger partial charge in [0, 0.05) is 6.07 Å². The minimum Gasteiger partial charge on any atom is -0.412 e. The van der Waals surface area contributed by atoms with Gasteiger partial charge in [0.05, 0.1) is 5.69 Å². The van der Waals surface area contributed by atoms with Crippen molar-refractivity contribution in [1.82, 2.24) is 0 Å². The summed E-state index contributed by atoms with van der Waals surface area (Å²) in [4.78, 5) is 0. The fraction of sp³-hybridized carbons (Fsp3) is 0. The van der Waals surface area contributed by atoms with Crippen molar-refractivity contribution in [2.45, 2.75) is 0 Å². The number of nitrogens with one attached hydrogen (secondary N) is 1. The summed E-state index contributed by atoms with van der Waals surface area (Å²) in [6.07, 6.45) is 0. The van der Waals surface area contributed by atoms with Gasteiger partial charge in [-0.2, -0.15) is 0 Å². The highest BCUT2D eigenvalue weighted by molar-refractivity contribution is 5.43. The van der Waals surface area contributed by atoms with Crippen LogP contribution in [0.1, 0.15) is 0 Å². The summed E-state index contributed by atoms with van der Waals surface area (Å²) in [5, 5.41) is 0. The van der Waals surface area contributed by atoms with Gasteiger partial charge in [-0.1, -0.05) is 0 Å². The molecule has 0 unspecified atom stereocenters. The van der Waals surface area contributed by atoms with Gasteiger partial charge in [0.2, 0.25) is 0 Å². The van der Waals surface area contributed by atoms with Crippen LogP contribution in [0.4, 0.5) is 14.5 Å². The molecule has 1 aromatic rings. The molecular weight excluding hydrogens is 154 g/mol. The molecule has 3 nitrogen and oxygen atoms in total. The topological polar surface area (TPSA) is 69.5 Å². The largest absolute Gasteiger partial charge is 0.412 e. The van der Waals surface area contributed by atoms with Gasteiger partial charge in [-0.3, -0.25) is 5.84 Å². The quantitative estimate of drug-likeness (QED) is 0.464. The monoisotopic (exact) mass is 162 g/mol. The number of halogens is 2. The maximum absolute atomic E-state index is 12.5. The Morgan fingerprint density at radius 1 is 1.27 bits per heavy atom. The zero-order valence-electron chi connectivity index (χ0n) is 5.57. The van der Waals surface area contributed by atoms with E-state index in [1.165, 1.54) is 6.07 Å². The highest BCUT2D eigenvalue weighted by atomic mass is 19.1. The molecule has 0 aliphatic carbocycles. The fourth-order valence-corrected chi connectivity index (χ4v) is 0.607. The Bertz CT molecular complexity index is 242. The molecule has 1 rings (SSSR count). The molecule has 1 aromatic carbocycles. The van der Waals surface area contributed by atoms with Crippen molar-refractivity contribution in [2.24, 2.45) is 5.84 Å². The first-order chi connectivity index (χ1) is 4.74. The number of nitrogen functional groups attached to an aromatic ring is 1. The molecule has 11 heavy (non-hydrogen) atoms. The maximum Gasteiger partial charge on any atom is 0.150 e. The van der Waals surface area contributed by atoms with Gasteiger partial charge < -0.3 is 10.9 Å². The van der Waals surface area contributed by atoms with E-state index < -0.39 is 11.6 Å². The maximum atomic E-state index is 12.5. The lowest BCUT2D eigenvalue weighted by molar-refractivity contribution is 0.585. The molecule has 0 heterocycles. The number of benzene rings is 1. The Kier molecular flexibility index (Phi) is 3.43. The number of anilines is 1. The van der Waals surface area contributed by atoms with Crippen molar-refractivity contribution >= 4 is 5.69 Å². The number of hydrogen-bond acceptors (Lipinski definition) is 2. The first kappa shape index (κ1) is 9.80. The van der Waals surface area contributed by atoms with E-state index in [2.05, 4.69) is 5.43 Å². The third-order valence-corrected chi connectivity index (χ3v) is 1.09. The van der Waals surface area contributed by atoms with Gasteiger partial charge in [0.25, 0.3) is 0 Å². The lowest BCUT2D eigenvalue weighted by Gasteiger charge is -1.99.